The number of rotatable bonds is 11. The molecule has 5 nitrogen and oxygen atoms in total. The lowest BCUT2D eigenvalue weighted by molar-refractivity contribution is 0.0497. The molecule has 1 rings (SSSR count). The van der Waals surface area contributed by atoms with Gasteiger partial charge in [-0.25, -0.2) is 4.79 Å². The average Bonchev–Trinajstić information content (AvgIpc) is 2.52. The topological polar surface area (TPSA) is 80.7 Å². The second kappa shape index (κ2) is 10.4. The molecule has 0 aliphatic rings. The molecule has 0 spiro atoms. The highest BCUT2D eigenvalue weighted by atomic mass is 32.2. The van der Waals surface area contributed by atoms with Gasteiger partial charge in [0.1, 0.15) is 0 Å². The zero-order valence-corrected chi connectivity index (χ0v) is 14.5. The van der Waals surface area contributed by atoms with Gasteiger partial charge in [-0.1, -0.05) is 57.9 Å². The maximum Gasteiger partial charge on any atom is 0.338 e. The summed E-state index contributed by atoms with van der Waals surface area (Å²) in [6.45, 7) is 2.52. The largest absolute Gasteiger partial charge is 0.462 e. The van der Waals surface area contributed by atoms with Crippen LogP contribution in [0.5, 0.6) is 0 Å². The molecule has 0 amide bonds. The van der Waals surface area contributed by atoms with Gasteiger partial charge in [-0.2, -0.15) is 8.42 Å². The first-order valence-electron chi connectivity index (χ1n) is 8.20. The number of hydrogen-bond donors (Lipinski definition) is 1. The molecule has 0 saturated heterocycles. The van der Waals surface area contributed by atoms with Crippen LogP contribution in [0.2, 0.25) is 0 Å². The molecule has 1 aromatic carbocycles. The Morgan fingerprint density at radius 2 is 1.65 bits per heavy atom. The Kier molecular flexibility index (Phi) is 8.87. The highest BCUT2D eigenvalue weighted by molar-refractivity contribution is 7.85. The summed E-state index contributed by atoms with van der Waals surface area (Å²) in [5.41, 5.74) is 0.125. The number of carbonyl (C=O) groups is 1. The van der Waals surface area contributed by atoms with E-state index in [0.717, 1.165) is 25.3 Å². The molecule has 0 aromatic heterocycles. The normalized spacial score (nSPS) is 11.4. The fraction of sp³-hybridized carbons (Fsp3) is 0.588. The Labute approximate surface area is 138 Å². The van der Waals surface area contributed by atoms with E-state index in [4.69, 9.17) is 9.29 Å². The van der Waals surface area contributed by atoms with E-state index < -0.39 is 16.1 Å². The molecule has 0 unspecified atom stereocenters. The minimum Gasteiger partial charge on any atom is -0.462 e. The summed E-state index contributed by atoms with van der Waals surface area (Å²) in [6.07, 6.45) is 9.26. The van der Waals surface area contributed by atoms with Gasteiger partial charge in [-0.15, -0.1) is 0 Å². The number of benzene rings is 1. The van der Waals surface area contributed by atoms with Crippen LogP contribution in [0.25, 0.3) is 0 Å². The van der Waals surface area contributed by atoms with Gasteiger partial charge >= 0.3 is 5.97 Å². The third-order valence-electron chi connectivity index (χ3n) is 3.60. The molecule has 130 valence electrons. The lowest BCUT2D eigenvalue weighted by Crippen LogP contribution is -2.08. The van der Waals surface area contributed by atoms with E-state index in [0.29, 0.717) is 6.61 Å². The summed E-state index contributed by atoms with van der Waals surface area (Å²) >= 11 is 0. The van der Waals surface area contributed by atoms with Crippen molar-refractivity contribution < 1.29 is 22.5 Å². The molecule has 0 atom stereocenters. The molecule has 0 heterocycles. The first-order chi connectivity index (χ1) is 10.9. The second-order valence-electron chi connectivity index (χ2n) is 5.61. The third kappa shape index (κ3) is 8.13. The van der Waals surface area contributed by atoms with Gasteiger partial charge in [-0.05, 0) is 24.6 Å². The van der Waals surface area contributed by atoms with Gasteiger partial charge in [-0.3, -0.25) is 4.55 Å². The Hall–Kier alpha value is -1.40. The third-order valence-corrected chi connectivity index (χ3v) is 4.45. The number of carbonyl (C=O) groups excluding carboxylic acids is 1. The Morgan fingerprint density at radius 3 is 2.26 bits per heavy atom. The zero-order chi connectivity index (χ0) is 17.1. The second-order valence-corrected chi connectivity index (χ2v) is 7.04. The van der Waals surface area contributed by atoms with E-state index in [1.807, 2.05) is 0 Å². The monoisotopic (exact) mass is 342 g/mol. The highest BCUT2D eigenvalue weighted by Crippen LogP contribution is 2.13. The summed E-state index contributed by atoms with van der Waals surface area (Å²) in [4.78, 5) is 11.5. The number of ether oxygens (including phenoxy) is 1. The van der Waals surface area contributed by atoms with Crippen molar-refractivity contribution in [3.05, 3.63) is 29.8 Å². The van der Waals surface area contributed by atoms with E-state index in [1.54, 1.807) is 0 Å². The average molecular weight is 342 g/mol. The molecule has 0 bridgehead atoms. The summed E-state index contributed by atoms with van der Waals surface area (Å²) in [5, 5.41) is 0. The molecule has 6 heteroatoms. The first-order valence-corrected chi connectivity index (χ1v) is 9.64. The fourth-order valence-corrected chi connectivity index (χ4v) is 2.79. The molecule has 23 heavy (non-hydrogen) atoms. The number of hydrogen-bond acceptors (Lipinski definition) is 4. The van der Waals surface area contributed by atoms with Crippen molar-refractivity contribution in [3.8, 4) is 0 Å². The molecule has 1 aromatic rings. The molecule has 0 aliphatic heterocycles. The van der Waals surface area contributed by atoms with Crippen LogP contribution in [0.15, 0.2) is 29.2 Å². The van der Waals surface area contributed by atoms with E-state index in [1.165, 1.54) is 50.3 Å². The van der Waals surface area contributed by atoms with E-state index in [2.05, 4.69) is 6.92 Å². The standard InChI is InChI=1S/C17H26O5S/c1-2-3-4-5-6-7-8-9-13-22-17(18)15-11-10-12-16(14-15)23(19,20)21/h10-12,14H,2-9,13H2,1H3,(H,19,20,21). The van der Waals surface area contributed by atoms with Crippen LogP contribution in [0, 0.1) is 0 Å². The fourth-order valence-electron chi connectivity index (χ4n) is 2.27. The first kappa shape index (κ1) is 19.6. The van der Waals surface area contributed by atoms with Gasteiger partial charge in [0.15, 0.2) is 0 Å². The minimum absolute atomic E-state index is 0.125. The molecule has 1 N–H and O–H groups in total. The summed E-state index contributed by atoms with van der Waals surface area (Å²) in [7, 11) is -4.31. The van der Waals surface area contributed by atoms with Crippen molar-refractivity contribution in [2.45, 2.75) is 63.2 Å². The predicted octanol–water partition coefficient (Wildman–Crippen LogP) is 4.23. The summed E-state index contributed by atoms with van der Waals surface area (Å²) < 4.78 is 36.2. The van der Waals surface area contributed by atoms with Crippen LogP contribution in [-0.2, 0) is 14.9 Å². The van der Waals surface area contributed by atoms with Crippen LogP contribution in [-0.4, -0.2) is 25.5 Å². The van der Waals surface area contributed by atoms with Crippen molar-refractivity contribution in [2.75, 3.05) is 6.61 Å². The molecular weight excluding hydrogens is 316 g/mol. The van der Waals surface area contributed by atoms with Crippen LogP contribution in [0.1, 0.15) is 68.6 Å². The van der Waals surface area contributed by atoms with Crippen molar-refractivity contribution in [2.24, 2.45) is 0 Å². The minimum atomic E-state index is -4.31. The van der Waals surface area contributed by atoms with Crippen molar-refractivity contribution >= 4 is 16.1 Å². The smallest absolute Gasteiger partial charge is 0.338 e. The highest BCUT2D eigenvalue weighted by Gasteiger charge is 2.13. The molecule has 0 aliphatic carbocycles. The van der Waals surface area contributed by atoms with E-state index >= 15 is 0 Å². The maximum absolute atomic E-state index is 11.8. The number of unbranched alkanes of at least 4 members (excludes halogenated alkanes) is 7. The van der Waals surface area contributed by atoms with Crippen LogP contribution < -0.4 is 0 Å². The van der Waals surface area contributed by atoms with Crippen LogP contribution >= 0.6 is 0 Å². The zero-order valence-electron chi connectivity index (χ0n) is 13.7. The Morgan fingerprint density at radius 1 is 1.04 bits per heavy atom. The van der Waals surface area contributed by atoms with E-state index in [-0.39, 0.29) is 10.5 Å². The van der Waals surface area contributed by atoms with Gasteiger partial charge in [0.25, 0.3) is 10.1 Å². The maximum atomic E-state index is 11.8. The Balaban J connectivity index is 2.25. The van der Waals surface area contributed by atoms with E-state index in [9.17, 15) is 13.2 Å². The molecule has 0 fully saturated rings. The van der Waals surface area contributed by atoms with Crippen molar-refractivity contribution in [1.29, 1.82) is 0 Å². The van der Waals surface area contributed by atoms with Gasteiger partial charge in [0.2, 0.25) is 0 Å². The van der Waals surface area contributed by atoms with Crippen molar-refractivity contribution in [1.82, 2.24) is 0 Å². The predicted molar refractivity (Wildman–Crippen MR) is 89.1 cm³/mol. The van der Waals surface area contributed by atoms with Crippen LogP contribution in [0.4, 0.5) is 0 Å². The van der Waals surface area contributed by atoms with Gasteiger partial charge < -0.3 is 4.74 Å². The lowest BCUT2D eigenvalue weighted by atomic mass is 10.1. The summed E-state index contributed by atoms with van der Waals surface area (Å²) in [6, 6.07) is 5.21. The lowest BCUT2D eigenvalue weighted by Gasteiger charge is -2.06. The molecule has 0 radical (unpaired) electrons. The molecular formula is C17H26O5S. The summed E-state index contributed by atoms with van der Waals surface area (Å²) in [5.74, 6) is -0.571. The van der Waals surface area contributed by atoms with Gasteiger partial charge in [0, 0.05) is 0 Å². The molecule has 0 saturated carbocycles. The SMILES string of the molecule is CCCCCCCCCCOC(=O)c1cccc(S(=O)(=O)O)c1. The number of esters is 1. The quantitative estimate of drug-likeness (QED) is 0.370. The van der Waals surface area contributed by atoms with Crippen LogP contribution in [0.3, 0.4) is 0 Å². The Bertz CT molecular complexity index is 580. The van der Waals surface area contributed by atoms with Crippen molar-refractivity contribution in [3.63, 3.8) is 0 Å². The van der Waals surface area contributed by atoms with Gasteiger partial charge in [0.05, 0.1) is 17.1 Å².